The molecule has 0 aliphatic carbocycles. The maximum Gasteiger partial charge on any atom is 0.239 e. The van der Waals surface area contributed by atoms with Crippen LogP contribution in [0.3, 0.4) is 0 Å². The highest BCUT2D eigenvalue weighted by Crippen LogP contribution is 2.26. The van der Waals surface area contributed by atoms with Crippen LogP contribution in [0.25, 0.3) is 0 Å². The largest absolute Gasteiger partial charge is 0.392 e. The molecule has 1 aliphatic heterocycles. The molecule has 0 radical (unpaired) electrons. The minimum Gasteiger partial charge on any atom is -0.392 e. The second-order valence-corrected chi connectivity index (χ2v) is 7.44. The number of amides is 1. The van der Waals surface area contributed by atoms with Gasteiger partial charge in [-0.15, -0.1) is 0 Å². The van der Waals surface area contributed by atoms with Crippen LogP contribution in [-0.4, -0.2) is 27.5 Å². The molecule has 126 valence electrons. The van der Waals surface area contributed by atoms with Gasteiger partial charge in [0, 0.05) is 28.8 Å². The van der Waals surface area contributed by atoms with Gasteiger partial charge >= 0.3 is 0 Å². The fourth-order valence-electron chi connectivity index (χ4n) is 2.99. The number of fused-ring (bicyclic) bond motifs is 1. The molecule has 1 heterocycles. The number of anilines is 1. The quantitative estimate of drug-likeness (QED) is 0.907. The zero-order chi connectivity index (χ0) is 16.9. The summed E-state index contributed by atoms with van der Waals surface area (Å²) in [4.78, 5) is 14.3. The molecule has 3 rings (SSSR count). The smallest absolute Gasteiger partial charge is 0.239 e. The summed E-state index contributed by atoms with van der Waals surface area (Å²) in [5.41, 5.74) is 3.88. The molecule has 0 fully saturated rings. The van der Waals surface area contributed by atoms with Crippen LogP contribution in [0.15, 0.2) is 48.5 Å². The van der Waals surface area contributed by atoms with Gasteiger partial charge in [-0.1, -0.05) is 42.5 Å². The van der Waals surface area contributed by atoms with Crippen LogP contribution in [0.1, 0.15) is 23.1 Å². The molecule has 4 nitrogen and oxygen atoms in total. The Hall–Kier alpha value is -1.98. The van der Waals surface area contributed by atoms with E-state index in [1.165, 1.54) is 5.56 Å². The van der Waals surface area contributed by atoms with Crippen molar-refractivity contribution in [1.29, 1.82) is 0 Å². The van der Waals surface area contributed by atoms with Gasteiger partial charge < -0.3 is 10.0 Å². The predicted octanol–water partition coefficient (Wildman–Crippen LogP) is 2.41. The average molecular weight is 343 g/mol. The van der Waals surface area contributed by atoms with Gasteiger partial charge in [0.05, 0.1) is 6.61 Å². The maximum atomic E-state index is 12.6. The third kappa shape index (κ3) is 3.91. The number of hydrogen-bond donors (Lipinski definition) is 1. The van der Waals surface area contributed by atoms with E-state index in [0.29, 0.717) is 12.3 Å². The highest BCUT2D eigenvalue weighted by molar-refractivity contribution is 7.84. The lowest BCUT2D eigenvalue weighted by Crippen LogP contribution is -2.38. The Labute approximate surface area is 144 Å². The lowest BCUT2D eigenvalue weighted by molar-refractivity contribution is -0.116. The molecule has 1 atom stereocenters. The molecule has 0 saturated carbocycles. The number of nitrogens with zero attached hydrogens (tertiary/aromatic N) is 1. The molecule has 2 aromatic carbocycles. The maximum absolute atomic E-state index is 12.6. The summed E-state index contributed by atoms with van der Waals surface area (Å²) in [7, 11) is -1.24. The molecule has 0 spiro atoms. The molecule has 24 heavy (non-hydrogen) atoms. The van der Waals surface area contributed by atoms with Gasteiger partial charge in [-0.05, 0) is 35.6 Å². The van der Waals surface area contributed by atoms with Gasteiger partial charge in [0.2, 0.25) is 5.91 Å². The van der Waals surface area contributed by atoms with E-state index in [2.05, 4.69) is 6.07 Å². The minimum atomic E-state index is -1.24. The van der Waals surface area contributed by atoms with Gasteiger partial charge in [-0.25, -0.2) is 0 Å². The standard InChI is InChI=1S/C19H21NO3S/c21-12-15-7-9-16(10-8-15)13-24(23)14-19(22)20-11-3-5-17-4-1-2-6-18(17)20/h1-2,4,6-10,21H,3,5,11-14H2. The number of hydrogen-bond acceptors (Lipinski definition) is 3. The number of aliphatic hydroxyl groups is 1. The molecule has 1 N–H and O–H groups in total. The van der Waals surface area contributed by atoms with Crippen molar-refractivity contribution in [3.63, 3.8) is 0 Å². The zero-order valence-corrected chi connectivity index (χ0v) is 14.3. The zero-order valence-electron chi connectivity index (χ0n) is 13.5. The summed E-state index contributed by atoms with van der Waals surface area (Å²) < 4.78 is 12.3. The number of carbonyl (C=O) groups is 1. The summed E-state index contributed by atoms with van der Waals surface area (Å²) in [5.74, 6) is 0.315. The monoisotopic (exact) mass is 343 g/mol. The van der Waals surface area contributed by atoms with E-state index in [1.807, 2.05) is 42.5 Å². The van der Waals surface area contributed by atoms with E-state index in [-0.39, 0.29) is 18.3 Å². The predicted molar refractivity (Wildman–Crippen MR) is 96.2 cm³/mol. The molecule has 0 bridgehead atoms. The summed E-state index contributed by atoms with van der Waals surface area (Å²) in [5, 5.41) is 9.04. The van der Waals surface area contributed by atoms with E-state index in [0.717, 1.165) is 29.7 Å². The first kappa shape index (κ1) is 16.9. The van der Waals surface area contributed by atoms with Crippen LogP contribution < -0.4 is 4.90 Å². The summed E-state index contributed by atoms with van der Waals surface area (Å²) in [6.45, 7) is 0.689. The molecular formula is C19H21NO3S. The topological polar surface area (TPSA) is 57.6 Å². The van der Waals surface area contributed by atoms with Crippen molar-refractivity contribution in [3.05, 3.63) is 65.2 Å². The van der Waals surface area contributed by atoms with Crippen molar-refractivity contribution in [1.82, 2.24) is 0 Å². The highest BCUT2D eigenvalue weighted by Gasteiger charge is 2.23. The summed E-state index contributed by atoms with van der Waals surface area (Å²) >= 11 is 0. The second-order valence-electron chi connectivity index (χ2n) is 5.98. The second kappa shape index (κ2) is 7.73. The molecule has 5 heteroatoms. The molecule has 1 aliphatic rings. The van der Waals surface area contributed by atoms with Crippen LogP contribution in [-0.2, 0) is 34.4 Å². The average Bonchev–Trinajstić information content (AvgIpc) is 2.61. The van der Waals surface area contributed by atoms with Crippen molar-refractivity contribution in [2.75, 3.05) is 17.2 Å². The van der Waals surface area contributed by atoms with E-state index in [4.69, 9.17) is 5.11 Å². The van der Waals surface area contributed by atoms with Gasteiger partial charge in [0.15, 0.2) is 0 Å². The molecule has 1 amide bonds. The Bertz CT molecular complexity index is 743. The van der Waals surface area contributed by atoms with Crippen molar-refractivity contribution in [2.24, 2.45) is 0 Å². The first-order chi connectivity index (χ1) is 11.7. The Morgan fingerprint density at radius 3 is 2.54 bits per heavy atom. The molecular weight excluding hydrogens is 322 g/mol. The fourth-order valence-corrected chi connectivity index (χ4v) is 4.08. The molecule has 0 saturated heterocycles. The van der Waals surface area contributed by atoms with Crippen LogP contribution in [0, 0.1) is 0 Å². The van der Waals surface area contributed by atoms with Crippen LogP contribution >= 0.6 is 0 Å². The summed E-state index contributed by atoms with van der Waals surface area (Å²) in [6.07, 6.45) is 1.93. The lowest BCUT2D eigenvalue weighted by atomic mass is 10.0. The number of aliphatic hydroxyl groups excluding tert-OH is 1. The lowest BCUT2D eigenvalue weighted by Gasteiger charge is -2.29. The molecule has 1 unspecified atom stereocenters. The Kier molecular flexibility index (Phi) is 5.43. The van der Waals surface area contributed by atoms with Gasteiger partial charge in [0.25, 0.3) is 0 Å². The van der Waals surface area contributed by atoms with E-state index in [9.17, 15) is 9.00 Å². The molecule has 2 aromatic rings. The third-order valence-corrected chi connectivity index (χ3v) is 5.45. The van der Waals surface area contributed by atoms with Crippen molar-refractivity contribution in [3.8, 4) is 0 Å². The molecule has 0 aromatic heterocycles. The first-order valence-corrected chi connectivity index (χ1v) is 9.58. The Balaban J connectivity index is 1.63. The van der Waals surface area contributed by atoms with Crippen molar-refractivity contribution in [2.45, 2.75) is 25.2 Å². The van der Waals surface area contributed by atoms with E-state index in [1.54, 1.807) is 4.90 Å². The Morgan fingerprint density at radius 2 is 1.79 bits per heavy atom. The SMILES string of the molecule is O=C(CS(=O)Cc1ccc(CO)cc1)N1CCCc2ccccc21. The summed E-state index contributed by atoms with van der Waals surface area (Å²) in [6, 6.07) is 15.3. The van der Waals surface area contributed by atoms with Crippen LogP contribution in [0.4, 0.5) is 5.69 Å². The van der Waals surface area contributed by atoms with Gasteiger partial charge in [0.1, 0.15) is 5.75 Å². The minimum absolute atomic E-state index is 0.00375. The van der Waals surface area contributed by atoms with Crippen molar-refractivity contribution >= 4 is 22.4 Å². The van der Waals surface area contributed by atoms with Crippen LogP contribution in [0.2, 0.25) is 0 Å². The number of rotatable bonds is 5. The van der Waals surface area contributed by atoms with Gasteiger partial charge in [-0.3, -0.25) is 9.00 Å². The van der Waals surface area contributed by atoms with E-state index < -0.39 is 10.8 Å². The number of aryl methyl sites for hydroxylation is 1. The van der Waals surface area contributed by atoms with E-state index >= 15 is 0 Å². The number of benzene rings is 2. The normalized spacial score (nSPS) is 15.0. The van der Waals surface area contributed by atoms with Crippen LogP contribution in [0.5, 0.6) is 0 Å². The number of para-hydroxylation sites is 1. The number of carbonyl (C=O) groups excluding carboxylic acids is 1. The Morgan fingerprint density at radius 1 is 1.08 bits per heavy atom. The van der Waals surface area contributed by atoms with Gasteiger partial charge in [-0.2, -0.15) is 0 Å². The first-order valence-electron chi connectivity index (χ1n) is 8.09. The van der Waals surface area contributed by atoms with Crippen molar-refractivity contribution < 1.29 is 14.1 Å². The fraction of sp³-hybridized carbons (Fsp3) is 0.316. The third-order valence-electron chi connectivity index (χ3n) is 4.23. The highest BCUT2D eigenvalue weighted by atomic mass is 32.2.